The maximum atomic E-state index is 13.3. The number of hydrogen-bond donors (Lipinski definition) is 1. The van der Waals surface area contributed by atoms with Gasteiger partial charge in [-0.2, -0.15) is 0 Å². The standard InChI is InChI=1S/C26H32N4O3/c1-18-5-10-22(19(2)17-18)23-24(26(32)30(25(23)31)15-16-33-4)27-20-6-8-21(9-7-20)29-13-11-28(3)12-14-29/h5-10,17,27H,11-16H2,1-4H3. The van der Waals surface area contributed by atoms with Gasteiger partial charge in [0.05, 0.1) is 18.7 Å². The van der Waals surface area contributed by atoms with E-state index in [0.29, 0.717) is 17.9 Å². The van der Waals surface area contributed by atoms with Gasteiger partial charge in [-0.3, -0.25) is 14.5 Å². The van der Waals surface area contributed by atoms with E-state index >= 15 is 0 Å². The van der Waals surface area contributed by atoms with E-state index in [1.165, 1.54) is 4.90 Å². The fraction of sp³-hybridized carbons (Fsp3) is 0.385. The lowest BCUT2D eigenvalue weighted by Crippen LogP contribution is -2.44. The first-order valence-electron chi connectivity index (χ1n) is 11.4. The van der Waals surface area contributed by atoms with Crippen molar-refractivity contribution in [2.24, 2.45) is 0 Å². The molecule has 1 N–H and O–H groups in total. The lowest BCUT2D eigenvalue weighted by molar-refractivity contribution is -0.137. The molecule has 7 heteroatoms. The van der Waals surface area contributed by atoms with Crippen molar-refractivity contribution < 1.29 is 14.3 Å². The lowest BCUT2D eigenvalue weighted by Gasteiger charge is -2.34. The summed E-state index contributed by atoms with van der Waals surface area (Å²) in [4.78, 5) is 32.5. The molecule has 0 spiro atoms. The number of carbonyl (C=O) groups excluding carboxylic acids is 2. The van der Waals surface area contributed by atoms with Gasteiger partial charge in [0.15, 0.2) is 0 Å². The number of hydrogen-bond acceptors (Lipinski definition) is 6. The highest BCUT2D eigenvalue weighted by molar-refractivity contribution is 6.36. The molecule has 0 aliphatic carbocycles. The van der Waals surface area contributed by atoms with Crippen molar-refractivity contribution in [1.82, 2.24) is 9.80 Å². The van der Waals surface area contributed by atoms with Crippen LogP contribution < -0.4 is 10.2 Å². The van der Waals surface area contributed by atoms with Gasteiger partial charge in [-0.05, 0) is 56.3 Å². The molecule has 33 heavy (non-hydrogen) atoms. The Morgan fingerprint density at radius 3 is 2.27 bits per heavy atom. The van der Waals surface area contributed by atoms with Crippen LogP contribution in [0.3, 0.4) is 0 Å². The van der Waals surface area contributed by atoms with E-state index in [9.17, 15) is 9.59 Å². The van der Waals surface area contributed by atoms with Gasteiger partial charge in [-0.25, -0.2) is 0 Å². The largest absolute Gasteiger partial charge is 0.383 e. The average molecular weight is 449 g/mol. The van der Waals surface area contributed by atoms with Gasteiger partial charge in [-0.15, -0.1) is 0 Å². The Labute approximate surface area is 195 Å². The Morgan fingerprint density at radius 1 is 0.939 bits per heavy atom. The van der Waals surface area contributed by atoms with Gasteiger partial charge in [0, 0.05) is 44.7 Å². The molecule has 7 nitrogen and oxygen atoms in total. The maximum absolute atomic E-state index is 13.3. The molecule has 2 aromatic carbocycles. The van der Waals surface area contributed by atoms with Crippen LogP contribution in [0.15, 0.2) is 48.2 Å². The maximum Gasteiger partial charge on any atom is 0.278 e. The molecular weight excluding hydrogens is 416 g/mol. The summed E-state index contributed by atoms with van der Waals surface area (Å²) >= 11 is 0. The smallest absolute Gasteiger partial charge is 0.278 e. The zero-order valence-corrected chi connectivity index (χ0v) is 19.9. The Bertz CT molecular complexity index is 1070. The number of amides is 2. The van der Waals surface area contributed by atoms with Gasteiger partial charge in [0.25, 0.3) is 11.8 Å². The van der Waals surface area contributed by atoms with Crippen LogP contribution in [0, 0.1) is 13.8 Å². The number of nitrogens with one attached hydrogen (secondary N) is 1. The summed E-state index contributed by atoms with van der Waals surface area (Å²) in [6, 6.07) is 14.0. The van der Waals surface area contributed by atoms with Crippen LogP contribution in [-0.2, 0) is 14.3 Å². The fourth-order valence-electron chi connectivity index (χ4n) is 4.39. The van der Waals surface area contributed by atoms with E-state index < -0.39 is 0 Å². The third-order valence-corrected chi connectivity index (χ3v) is 6.34. The van der Waals surface area contributed by atoms with Crippen LogP contribution in [0.1, 0.15) is 16.7 Å². The number of carbonyl (C=O) groups is 2. The second-order valence-corrected chi connectivity index (χ2v) is 8.79. The second kappa shape index (κ2) is 9.77. The summed E-state index contributed by atoms with van der Waals surface area (Å²) in [5.41, 5.74) is 5.51. The highest BCUT2D eigenvalue weighted by Gasteiger charge is 2.39. The van der Waals surface area contributed by atoms with Crippen LogP contribution in [-0.4, -0.2) is 75.1 Å². The van der Waals surface area contributed by atoms with Crippen molar-refractivity contribution in [2.75, 3.05) is 63.7 Å². The number of piperazine rings is 1. The van der Waals surface area contributed by atoms with E-state index in [4.69, 9.17) is 4.74 Å². The topological polar surface area (TPSA) is 65.1 Å². The molecule has 2 aromatic rings. The highest BCUT2D eigenvalue weighted by Crippen LogP contribution is 2.33. The predicted octanol–water partition coefficient (Wildman–Crippen LogP) is 2.89. The molecule has 2 heterocycles. The van der Waals surface area contributed by atoms with Gasteiger partial charge >= 0.3 is 0 Å². The third kappa shape index (κ3) is 4.79. The van der Waals surface area contributed by atoms with Crippen molar-refractivity contribution in [2.45, 2.75) is 13.8 Å². The molecule has 1 saturated heterocycles. The molecule has 4 rings (SSSR count). The van der Waals surface area contributed by atoms with E-state index in [1.54, 1.807) is 7.11 Å². The lowest BCUT2D eigenvalue weighted by atomic mass is 9.97. The molecule has 0 atom stereocenters. The molecule has 2 amide bonds. The summed E-state index contributed by atoms with van der Waals surface area (Å²) in [5.74, 6) is -0.615. The number of aryl methyl sites for hydroxylation is 2. The van der Waals surface area contributed by atoms with Crippen LogP contribution in [0.5, 0.6) is 0 Å². The first kappa shape index (κ1) is 23.0. The fourth-order valence-corrected chi connectivity index (χ4v) is 4.39. The second-order valence-electron chi connectivity index (χ2n) is 8.79. The molecule has 2 aliphatic rings. The van der Waals surface area contributed by atoms with E-state index in [-0.39, 0.29) is 18.4 Å². The van der Waals surface area contributed by atoms with Crippen molar-refractivity contribution in [3.8, 4) is 0 Å². The van der Waals surface area contributed by atoms with Crippen molar-refractivity contribution in [1.29, 1.82) is 0 Å². The summed E-state index contributed by atoms with van der Waals surface area (Å²) in [6.45, 7) is 8.56. The minimum absolute atomic E-state index is 0.218. The molecule has 0 saturated carbocycles. The first-order valence-corrected chi connectivity index (χ1v) is 11.4. The summed E-state index contributed by atoms with van der Waals surface area (Å²) in [5, 5.41) is 3.26. The van der Waals surface area contributed by atoms with Gasteiger partial charge in [0.2, 0.25) is 0 Å². The van der Waals surface area contributed by atoms with Gasteiger partial charge in [-0.1, -0.05) is 23.8 Å². The molecule has 174 valence electrons. The normalized spacial score (nSPS) is 17.3. The van der Waals surface area contributed by atoms with Crippen LogP contribution in [0.2, 0.25) is 0 Å². The summed E-state index contributed by atoms with van der Waals surface area (Å²) in [7, 11) is 3.70. The number of ether oxygens (including phenoxy) is 1. The van der Waals surface area contributed by atoms with Crippen molar-refractivity contribution in [3.05, 3.63) is 64.9 Å². The Balaban J connectivity index is 1.63. The number of methoxy groups -OCH3 is 1. The molecule has 0 unspecified atom stereocenters. The third-order valence-electron chi connectivity index (χ3n) is 6.34. The molecular formula is C26H32N4O3. The average Bonchev–Trinajstić information content (AvgIpc) is 3.02. The number of likely N-dealkylation sites (N-methyl/N-ethyl adjacent to an activating group) is 1. The number of imide groups is 1. The van der Waals surface area contributed by atoms with E-state index in [1.807, 2.05) is 44.2 Å². The van der Waals surface area contributed by atoms with E-state index in [2.05, 4.69) is 34.3 Å². The zero-order valence-electron chi connectivity index (χ0n) is 19.9. The van der Waals surface area contributed by atoms with E-state index in [0.717, 1.165) is 54.2 Å². The quantitative estimate of drug-likeness (QED) is 0.657. The zero-order chi connectivity index (χ0) is 23.5. The van der Waals surface area contributed by atoms with Crippen LogP contribution in [0.4, 0.5) is 11.4 Å². The van der Waals surface area contributed by atoms with Gasteiger partial charge < -0.3 is 19.9 Å². The van der Waals surface area contributed by atoms with Crippen LogP contribution in [0.25, 0.3) is 5.57 Å². The molecule has 1 fully saturated rings. The number of nitrogens with zero attached hydrogens (tertiary/aromatic N) is 3. The Kier molecular flexibility index (Phi) is 6.81. The van der Waals surface area contributed by atoms with Crippen molar-refractivity contribution in [3.63, 3.8) is 0 Å². The molecule has 0 aromatic heterocycles. The first-order chi connectivity index (χ1) is 15.9. The minimum atomic E-state index is -0.324. The number of benzene rings is 2. The predicted molar refractivity (Wildman–Crippen MR) is 131 cm³/mol. The Morgan fingerprint density at radius 2 is 1.64 bits per heavy atom. The van der Waals surface area contributed by atoms with Crippen LogP contribution >= 0.6 is 0 Å². The number of anilines is 2. The number of rotatable bonds is 7. The highest BCUT2D eigenvalue weighted by atomic mass is 16.5. The molecule has 2 aliphatic heterocycles. The summed E-state index contributed by atoms with van der Waals surface area (Å²) < 4.78 is 5.12. The molecule has 0 bridgehead atoms. The molecule has 0 radical (unpaired) electrons. The monoisotopic (exact) mass is 448 g/mol. The Hall–Kier alpha value is -3.16. The van der Waals surface area contributed by atoms with Gasteiger partial charge in [0.1, 0.15) is 5.70 Å². The minimum Gasteiger partial charge on any atom is -0.383 e. The summed E-state index contributed by atoms with van der Waals surface area (Å²) in [6.07, 6.45) is 0. The van der Waals surface area contributed by atoms with Crippen molar-refractivity contribution >= 4 is 28.8 Å². The SMILES string of the molecule is COCCN1C(=O)C(Nc2ccc(N3CCN(C)CC3)cc2)=C(c2ccc(C)cc2C)C1=O.